The normalized spacial score (nSPS) is 11.8. The summed E-state index contributed by atoms with van der Waals surface area (Å²) >= 11 is 5.71. The number of alkyl halides is 3. The Morgan fingerprint density at radius 3 is 2.59 bits per heavy atom. The summed E-state index contributed by atoms with van der Waals surface area (Å²) in [6, 6.07) is 4.36. The maximum Gasteiger partial charge on any atom is 0.573 e. The molecule has 0 saturated heterocycles. The fourth-order valence-corrected chi connectivity index (χ4v) is 1.65. The van der Waals surface area contributed by atoms with E-state index < -0.39 is 12.1 Å². The van der Waals surface area contributed by atoms with Crippen molar-refractivity contribution in [2.24, 2.45) is 0 Å². The molecule has 2 nitrogen and oxygen atoms in total. The highest BCUT2D eigenvalue weighted by atomic mass is 35.5. The Morgan fingerprint density at radius 1 is 1.24 bits per heavy atom. The van der Waals surface area contributed by atoms with E-state index in [0.29, 0.717) is 10.9 Å². The summed E-state index contributed by atoms with van der Waals surface area (Å²) in [6.07, 6.45) is -3.20. The first-order valence-corrected chi connectivity index (χ1v) is 5.04. The number of fused-ring (bicyclic) bond motifs is 1. The van der Waals surface area contributed by atoms with Gasteiger partial charge in [-0.15, -0.1) is 13.2 Å². The van der Waals surface area contributed by atoms with Gasteiger partial charge in [0.25, 0.3) is 0 Å². The van der Waals surface area contributed by atoms with Crippen LogP contribution in [0.1, 0.15) is 5.56 Å². The third-order valence-electron chi connectivity index (χ3n) is 2.10. The molecule has 0 fully saturated rings. The fourth-order valence-electron chi connectivity index (χ4n) is 1.44. The Bertz CT molecular complexity index is 568. The molecule has 0 unspecified atom stereocenters. The zero-order valence-electron chi connectivity index (χ0n) is 8.68. The van der Waals surface area contributed by atoms with Crippen LogP contribution in [0.25, 0.3) is 10.9 Å². The Morgan fingerprint density at radius 2 is 1.94 bits per heavy atom. The maximum absolute atomic E-state index is 12.1. The number of aryl methyl sites for hydroxylation is 1. The molecular weight excluding hydrogens is 255 g/mol. The topological polar surface area (TPSA) is 22.1 Å². The van der Waals surface area contributed by atoms with Gasteiger partial charge in [-0.25, -0.2) is 0 Å². The van der Waals surface area contributed by atoms with Crippen LogP contribution in [0.3, 0.4) is 0 Å². The van der Waals surface area contributed by atoms with Crippen LogP contribution in [0, 0.1) is 6.92 Å². The van der Waals surface area contributed by atoms with Crippen molar-refractivity contribution in [2.45, 2.75) is 13.3 Å². The van der Waals surface area contributed by atoms with Gasteiger partial charge in [0.2, 0.25) is 0 Å². The maximum atomic E-state index is 12.1. The third kappa shape index (κ3) is 2.79. The molecule has 0 aliphatic carbocycles. The summed E-state index contributed by atoms with van der Waals surface area (Å²) in [5.74, 6) is -0.442. The minimum Gasteiger partial charge on any atom is -0.404 e. The zero-order valence-corrected chi connectivity index (χ0v) is 9.43. The van der Waals surface area contributed by atoms with Crippen molar-refractivity contribution in [1.82, 2.24) is 4.98 Å². The molecule has 0 aliphatic heterocycles. The lowest BCUT2D eigenvalue weighted by molar-refractivity contribution is -0.274. The van der Waals surface area contributed by atoms with Gasteiger partial charge < -0.3 is 4.74 Å². The van der Waals surface area contributed by atoms with Gasteiger partial charge >= 0.3 is 6.36 Å². The number of hydrogen-bond donors (Lipinski definition) is 0. The number of nitrogens with zero attached hydrogens (tertiary/aromatic N) is 1. The highest BCUT2D eigenvalue weighted by Crippen LogP contribution is 2.33. The monoisotopic (exact) mass is 261 g/mol. The highest BCUT2D eigenvalue weighted by Gasteiger charge is 2.32. The second kappa shape index (κ2) is 4.07. The van der Waals surface area contributed by atoms with E-state index in [4.69, 9.17) is 11.6 Å². The van der Waals surface area contributed by atoms with E-state index in [0.717, 1.165) is 5.56 Å². The average Bonchev–Trinajstić information content (AvgIpc) is 2.17. The van der Waals surface area contributed by atoms with Crippen LogP contribution in [0.2, 0.25) is 5.02 Å². The number of benzene rings is 1. The Labute approximate surface area is 100.0 Å². The summed E-state index contributed by atoms with van der Waals surface area (Å²) in [5, 5.41) is 0.576. The standard InChI is InChI=1S/C11H7ClF3NO/c1-6-2-7-3-8(12)10(17-11(13,14)15)4-9(7)16-5-6/h2-5H,1H3. The molecule has 2 aromatic rings. The largest absolute Gasteiger partial charge is 0.573 e. The van der Waals surface area contributed by atoms with Crippen LogP contribution in [-0.4, -0.2) is 11.3 Å². The number of rotatable bonds is 1. The minimum atomic E-state index is -4.76. The van der Waals surface area contributed by atoms with E-state index in [1.165, 1.54) is 12.1 Å². The van der Waals surface area contributed by atoms with Crippen molar-refractivity contribution in [1.29, 1.82) is 0 Å². The number of ether oxygens (including phenoxy) is 1. The van der Waals surface area contributed by atoms with Crippen LogP contribution >= 0.6 is 11.6 Å². The lowest BCUT2D eigenvalue weighted by Crippen LogP contribution is -2.17. The SMILES string of the molecule is Cc1cnc2cc(OC(F)(F)F)c(Cl)cc2c1. The van der Waals surface area contributed by atoms with Gasteiger partial charge in [-0.2, -0.15) is 0 Å². The first-order chi connectivity index (χ1) is 7.85. The van der Waals surface area contributed by atoms with Crippen LogP contribution < -0.4 is 4.74 Å². The van der Waals surface area contributed by atoms with E-state index in [1.54, 1.807) is 12.3 Å². The van der Waals surface area contributed by atoms with Crippen LogP contribution in [0.4, 0.5) is 13.2 Å². The third-order valence-corrected chi connectivity index (χ3v) is 2.39. The van der Waals surface area contributed by atoms with Crippen molar-refractivity contribution >= 4 is 22.5 Å². The number of hydrogen-bond acceptors (Lipinski definition) is 2. The van der Waals surface area contributed by atoms with Gasteiger partial charge in [-0.3, -0.25) is 4.98 Å². The summed E-state index contributed by atoms with van der Waals surface area (Å²) in [5.41, 5.74) is 1.30. The number of aromatic nitrogens is 1. The molecule has 0 saturated carbocycles. The predicted octanol–water partition coefficient (Wildman–Crippen LogP) is 4.10. The van der Waals surface area contributed by atoms with Crippen molar-refractivity contribution in [3.8, 4) is 5.75 Å². The second-order valence-corrected chi connectivity index (χ2v) is 3.94. The molecule has 1 aromatic carbocycles. The van der Waals surface area contributed by atoms with Crippen LogP contribution in [0.15, 0.2) is 24.4 Å². The Kier molecular flexibility index (Phi) is 2.87. The molecule has 0 N–H and O–H groups in total. The Hall–Kier alpha value is -1.49. The van der Waals surface area contributed by atoms with E-state index >= 15 is 0 Å². The van der Waals surface area contributed by atoms with Crippen LogP contribution in [-0.2, 0) is 0 Å². The molecule has 2 rings (SSSR count). The summed E-state index contributed by atoms with van der Waals surface area (Å²) in [6.45, 7) is 1.83. The zero-order chi connectivity index (χ0) is 12.6. The lowest BCUT2D eigenvalue weighted by atomic mass is 10.2. The lowest BCUT2D eigenvalue weighted by Gasteiger charge is -2.11. The van der Waals surface area contributed by atoms with Crippen LogP contribution in [0.5, 0.6) is 5.75 Å². The van der Waals surface area contributed by atoms with Crippen molar-refractivity contribution < 1.29 is 17.9 Å². The van der Waals surface area contributed by atoms with Crippen molar-refractivity contribution in [3.05, 3.63) is 35.0 Å². The van der Waals surface area contributed by atoms with Gasteiger partial charge in [0.15, 0.2) is 0 Å². The van der Waals surface area contributed by atoms with Gasteiger partial charge in [-0.1, -0.05) is 11.6 Å². The van der Waals surface area contributed by atoms with E-state index in [2.05, 4.69) is 9.72 Å². The van der Waals surface area contributed by atoms with E-state index in [9.17, 15) is 13.2 Å². The summed E-state index contributed by atoms with van der Waals surface area (Å²) in [7, 11) is 0. The van der Waals surface area contributed by atoms with Crippen molar-refractivity contribution in [2.75, 3.05) is 0 Å². The quantitative estimate of drug-likeness (QED) is 0.771. The smallest absolute Gasteiger partial charge is 0.404 e. The number of halogens is 4. The molecular formula is C11H7ClF3NO. The van der Waals surface area contributed by atoms with E-state index in [1.807, 2.05) is 6.92 Å². The molecule has 0 atom stereocenters. The molecule has 1 heterocycles. The first-order valence-electron chi connectivity index (χ1n) is 4.67. The van der Waals surface area contributed by atoms with Gasteiger partial charge in [-0.05, 0) is 24.6 Å². The minimum absolute atomic E-state index is 0.0952. The molecule has 0 spiro atoms. The number of pyridine rings is 1. The molecule has 0 aliphatic rings. The highest BCUT2D eigenvalue weighted by molar-refractivity contribution is 6.32. The van der Waals surface area contributed by atoms with Gasteiger partial charge in [0.1, 0.15) is 5.75 Å². The Balaban J connectivity index is 2.52. The first kappa shape index (κ1) is 12.0. The second-order valence-electron chi connectivity index (χ2n) is 3.54. The molecule has 0 bridgehead atoms. The summed E-state index contributed by atoms with van der Waals surface area (Å²) < 4.78 is 40.1. The van der Waals surface area contributed by atoms with Gasteiger partial charge in [0.05, 0.1) is 10.5 Å². The molecule has 6 heteroatoms. The molecule has 90 valence electrons. The predicted molar refractivity (Wildman–Crippen MR) is 58.2 cm³/mol. The summed E-state index contributed by atoms with van der Waals surface area (Å²) in [4.78, 5) is 4.01. The molecule has 1 aromatic heterocycles. The van der Waals surface area contributed by atoms with Gasteiger partial charge in [0, 0.05) is 17.6 Å². The molecule has 0 amide bonds. The van der Waals surface area contributed by atoms with Crippen molar-refractivity contribution in [3.63, 3.8) is 0 Å². The molecule has 0 radical (unpaired) electrons. The van der Waals surface area contributed by atoms with E-state index in [-0.39, 0.29) is 5.02 Å². The average molecular weight is 262 g/mol. The molecule has 17 heavy (non-hydrogen) atoms. The fraction of sp³-hybridized carbons (Fsp3) is 0.182.